The van der Waals surface area contributed by atoms with E-state index >= 15 is 0 Å². The zero-order valence-electron chi connectivity index (χ0n) is 7.82. The molecule has 0 aliphatic heterocycles. The summed E-state index contributed by atoms with van der Waals surface area (Å²) in [5.74, 6) is 1.60. The van der Waals surface area contributed by atoms with Crippen LogP contribution in [0.2, 0.25) is 0 Å². The van der Waals surface area contributed by atoms with E-state index in [0.29, 0.717) is 0 Å². The molecule has 0 saturated heterocycles. The highest BCUT2D eigenvalue weighted by Gasteiger charge is 2.24. The van der Waals surface area contributed by atoms with E-state index in [0.717, 1.165) is 16.6 Å². The molecule has 0 heterocycles. The van der Waals surface area contributed by atoms with Crippen molar-refractivity contribution in [2.45, 2.75) is 24.7 Å². The highest BCUT2D eigenvalue weighted by Crippen LogP contribution is 2.30. The predicted octanol–water partition coefficient (Wildman–Crippen LogP) is 2.51. The summed E-state index contributed by atoms with van der Waals surface area (Å²) in [4.78, 5) is 0.993. The SMILES string of the molecule is Cc1cccc(S(=O)CC2CC2)c1. The molecule has 1 nitrogen and oxygen atoms in total. The molecule has 1 aliphatic carbocycles. The molecule has 0 spiro atoms. The van der Waals surface area contributed by atoms with Gasteiger partial charge in [-0.25, -0.2) is 0 Å². The summed E-state index contributed by atoms with van der Waals surface area (Å²) in [6.45, 7) is 2.04. The Labute approximate surface area is 81.6 Å². The largest absolute Gasteiger partial charge is 0.254 e. The fourth-order valence-electron chi connectivity index (χ4n) is 1.35. The Morgan fingerprint density at radius 2 is 2.23 bits per heavy atom. The van der Waals surface area contributed by atoms with Crippen molar-refractivity contribution in [3.05, 3.63) is 29.8 Å². The van der Waals surface area contributed by atoms with Gasteiger partial charge in [-0.05, 0) is 43.4 Å². The lowest BCUT2D eigenvalue weighted by atomic mass is 10.2. The van der Waals surface area contributed by atoms with E-state index in [9.17, 15) is 4.21 Å². The summed E-state index contributed by atoms with van der Waals surface area (Å²) in [6.07, 6.45) is 2.55. The normalized spacial score (nSPS) is 18.5. The molecule has 1 fully saturated rings. The molecular weight excluding hydrogens is 180 g/mol. The van der Waals surface area contributed by atoms with Gasteiger partial charge < -0.3 is 0 Å². The molecule has 0 amide bonds. The average Bonchev–Trinajstić information content (AvgIpc) is 2.88. The number of rotatable bonds is 3. The van der Waals surface area contributed by atoms with Gasteiger partial charge in [-0.2, -0.15) is 0 Å². The van der Waals surface area contributed by atoms with Crippen molar-refractivity contribution in [3.63, 3.8) is 0 Å². The highest BCUT2D eigenvalue weighted by atomic mass is 32.2. The summed E-state index contributed by atoms with van der Waals surface area (Å²) < 4.78 is 11.8. The molecule has 1 aliphatic rings. The lowest BCUT2D eigenvalue weighted by Crippen LogP contribution is -1.99. The summed E-state index contributed by atoms with van der Waals surface area (Å²) in [7, 11) is -0.761. The molecule has 2 rings (SSSR count). The van der Waals surface area contributed by atoms with Crippen LogP contribution in [-0.2, 0) is 10.8 Å². The van der Waals surface area contributed by atoms with Crippen molar-refractivity contribution in [1.82, 2.24) is 0 Å². The van der Waals surface area contributed by atoms with Crippen LogP contribution >= 0.6 is 0 Å². The molecule has 0 N–H and O–H groups in total. The summed E-state index contributed by atoms with van der Waals surface area (Å²) in [6, 6.07) is 8.01. The second-order valence-corrected chi connectivity index (χ2v) is 5.27. The lowest BCUT2D eigenvalue weighted by Gasteiger charge is -2.01. The van der Waals surface area contributed by atoms with Crippen LogP contribution in [0.15, 0.2) is 29.2 Å². The Hall–Kier alpha value is -0.630. The lowest BCUT2D eigenvalue weighted by molar-refractivity contribution is 0.679. The molecule has 1 unspecified atom stereocenters. The summed E-state index contributed by atoms with van der Waals surface area (Å²) >= 11 is 0. The van der Waals surface area contributed by atoms with Crippen molar-refractivity contribution in [2.24, 2.45) is 5.92 Å². The summed E-state index contributed by atoms with van der Waals surface area (Å²) in [5, 5.41) is 0. The van der Waals surface area contributed by atoms with Gasteiger partial charge in [0.25, 0.3) is 0 Å². The zero-order valence-corrected chi connectivity index (χ0v) is 8.64. The van der Waals surface area contributed by atoms with Gasteiger partial charge in [-0.15, -0.1) is 0 Å². The topological polar surface area (TPSA) is 17.1 Å². The second kappa shape index (κ2) is 3.62. The van der Waals surface area contributed by atoms with Gasteiger partial charge >= 0.3 is 0 Å². The Bertz CT molecular complexity index is 329. The predicted molar refractivity (Wildman–Crippen MR) is 55.2 cm³/mol. The van der Waals surface area contributed by atoms with Crippen LogP contribution in [0, 0.1) is 12.8 Å². The quantitative estimate of drug-likeness (QED) is 0.722. The van der Waals surface area contributed by atoms with Gasteiger partial charge in [0.1, 0.15) is 0 Å². The van der Waals surface area contributed by atoms with E-state index in [2.05, 4.69) is 0 Å². The van der Waals surface area contributed by atoms with Crippen LogP contribution < -0.4 is 0 Å². The fourth-order valence-corrected chi connectivity index (χ4v) is 2.85. The molecule has 1 aromatic carbocycles. The minimum absolute atomic E-state index is 0.737. The maximum absolute atomic E-state index is 11.8. The van der Waals surface area contributed by atoms with E-state index in [1.165, 1.54) is 18.4 Å². The molecule has 13 heavy (non-hydrogen) atoms. The van der Waals surface area contributed by atoms with Crippen molar-refractivity contribution in [1.29, 1.82) is 0 Å². The van der Waals surface area contributed by atoms with Crippen molar-refractivity contribution in [3.8, 4) is 0 Å². The molecule has 1 aromatic rings. The number of hydrogen-bond donors (Lipinski definition) is 0. The van der Waals surface area contributed by atoms with Gasteiger partial charge in [-0.1, -0.05) is 12.1 Å². The maximum Gasteiger partial charge on any atom is 0.0532 e. The number of aryl methyl sites for hydroxylation is 1. The van der Waals surface area contributed by atoms with Crippen molar-refractivity contribution in [2.75, 3.05) is 5.75 Å². The van der Waals surface area contributed by atoms with Crippen LogP contribution in [0.1, 0.15) is 18.4 Å². The van der Waals surface area contributed by atoms with Gasteiger partial charge in [0.2, 0.25) is 0 Å². The molecular formula is C11H14OS. The molecule has 0 radical (unpaired) electrons. The monoisotopic (exact) mass is 194 g/mol. The van der Waals surface area contributed by atoms with E-state index in [-0.39, 0.29) is 0 Å². The van der Waals surface area contributed by atoms with Crippen LogP contribution in [0.5, 0.6) is 0 Å². The van der Waals surface area contributed by atoms with Crippen LogP contribution in [0.4, 0.5) is 0 Å². The Morgan fingerprint density at radius 1 is 1.46 bits per heavy atom. The fraction of sp³-hybridized carbons (Fsp3) is 0.455. The molecule has 0 bridgehead atoms. The van der Waals surface area contributed by atoms with Crippen LogP contribution in [0.3, 0.4) is 0 Å². The van der Waals surface area contributed by atoms with E-state index in [1.54, 1.807) is 0 Å². The van der Waals surface area contributed by atoms with Crippen molar-refractivity contribution < 1.29 is 4.21 Å². The third kappa shape index (κ3) is 2.41. The first-order chi connectivity index (χ1) is 6.25. The van der Waals surface area contributed by atoms with Crippen molar-refractivity contribution >= 4 is 10.8 Å². The first-order valence-electron chi connectivity index (χ1n) is 4.71. The highest BCUT2D eigenvalue weighted by molar-refractivity contribution is 7.85. The minimum atomic E-state index is -0.761. The number of benzene rings is 1. The molecule has 1 saturated carbocycles. The van der Waals surface area contributed by atoms with Crippen LogP contribution in [0.25, 0.3) is 0 Å². The average molecular weight is 194 g/mol. The second-order valence-electron chi connectivity index (χ2n) is 3.77. The Kier molecular flexibility index (Phi) is 2.49. The Balaban J connectivity index is 2.09. The maximum atomic E-state index is 11.8. The van der Waals surface area contributed by atoms with Crippen LogP contribution in [-0.4, -0.2) is 9.96 Å². The first kappa shape index (κ1) is 8.95. The van der Waals surface area contributed by atoms with E-state index in [1.807, 2.05) is 31.2 Å². The molecule has 70 valence electrons. The molecule has 1 atom stereocenters. The van der Waals surface area contributed by atoms with Gasteiger partial charge in [-0.3, -0.25) is 4.21 Å². The smallest absolute Gasteiger partial charge is 0.0532 e. The standard InChI is InChI=1S/C11H14OS/c1-9-3-2-4-11(7-9)13(12)8-10-5-6-10/h2-4,7,10H,5-6,8H2,1H3. The Morgan fingerprint density at radius 3 is 2.85 bits per heavy atom. The van der Waals surface area contributed by atoms with E-state index < -0.39 is 10.8 Å². The minimum Gasteiger partial charge on any atom is -0.254 e. The molecule has 0 aromatic heterocycles. The third-order valence-electron chi connectivity index (χ3n) is 2.34. The van der Waals surface area contributed by atoms with Gasteiger partial charge in [0, 0.05) is 10.6 Å². The first-order valence-corrected chi connectivity index (χ1v) is 6.02. The third-order valence-corrected chi connectivity index (χ3v) is 3.89. The van der Waals surface area contributed by atoms with Gasteiger partial charge in [0.15, 0.2) is 0 Å². The zero-order chi connectivity index (χ0) is 9.26. The van der Waals surface area contributed by atoms with Gasteiger partial charge in [0.05, 0.1) is 10.8 Å². The molecule has 2 heteroatoms. The summed E-state index contributed by atoms with van der Waals surface area (Å²) in [5.41, 5.74) is 1.20. The van der Waals surface area contributed by atoms with E-state index in [4.69, 9.17) is 0 Å². The number of hydrogen-bond acceptors (Lipinski definition) is 1.